The normalized spacial score (nSPS) is 26.8. The van der Waals surface area contributed by atoms with Crippen molar-refractivity contribution in [2.75, 3.05) is 19.6 Å². The van der Waals surface area contributed by atoms with E-state index in [0.29, 0.717) is 13.1 Å². The number of hydrogen-bond donors (Lipinski definition) is 2. The van der Waals surface area contributed by atoms with Crippen LogP contribution in [0.4, 0.5) is 0 Å². The quantitative estimate of drug-likeness (QED) is 0.704. The largest absolute Gasteiger partial charge is 0.368 e. The van der Waals surface area contributed by atoms with Gasteiger partial charge in [-0.1, -0.05) is 19.3 Å². The van der Waals surface area contributed by atoms with E-state index in [9.17, 15) is 9.59 Å². The predicted octanol–water partition coefficient (Wildman–Crippen LogP) is -0.148. The highest BCUT2D eigenvalue weighted by atomic mass is 16.2. The summed E-state index contributed by atoms with van der Waals surface area (Å²) in [7, 11) is 0. The molecule has 2 rings (SSSR count). The molecule has 0 aromatic carbocycles. The van der Waals surface area contributed by atoms with Crippen LogP contribution in [-0.2, 0) is 9.59 Å². The molecule has 96 valence electrons. The van der Waals surface area contributed by atoms with Crippen molar-refractivity contribution in [3.8, 4) is 0 Å². The zero-order valence-corrected chi connectivity index (χ0v) is 10.2. The van der Waals surface area contributed by atoms with Gasteiger partial charge >= 0.3 is 0 Å². The monoisotopic (exact) mass is 239 g/mol. The van der Waals surface area contributed by atoms with Crippen LogP contribution in [-0.4, -0.2) is 42.4 Å². The molecule has 2 aliphatic rings. The van der Waals surface area contributed by atoms with Crippen LogP contribution in [0, 0.1) is 5.92 Å². The van der Waals surface area contributed by atoms with Crippen molar-refractivity contribution < 1.29 is 9.59 Å². The van der Waals surface area contributed by atoms with Crippen molar-refractivity contribution in [2.45, 2.75) is 38.1 Å². The second kappa shape index (κ2) is 5.49. The number of nitrogens with one attached hydrogen (secondary N) is 1. The first-order valence-corrected chi connectivity index (χ1v) is 6.50. The lowest BCUT2D eigenvalue weighted by Crippen LogP contribution is -2.59. The van der Waals surface area contributed by atoms with Crippen molar-refractivity contribution in [3.63, 3.8) is 0 Å². The third kappa shape index (κ3) is 2.77. The fourth-order valence-corrected chi connectivity index (χ4v) is 2.81. The minimum absolute atomic E-state index is 0.115. The SMILES string of the molecule is NC(=O)C1CNCCN1C(=O)C1CCCCC1. The standard InChI is InChI=1S/C12H21N3O2/c13-11(16)10-8-14-6-7-15(10)12(17)9-4-2-1-3-5-9/h9-10,14H,1-8H2,(H2,13,16). The summed E-state index contributed by atoms with van der Waals surface area (Å²) in [5.41, 5.74) is 5.35. The Morgan fingerprint density at radius 2 is 1.88 bits per heavy atom. The highest BCUT2D eigenvalue weighted by molar-refractivity contribution is 5.88. The van der Waals surface area contributed by atoms with Gasteiger partial charge in [-0.05, 0) is 12.8 Å². The first kappa shape index (κ1) is 12.4. The number of nitrogens with two attached hydrogens (primary N) is 1. The number of amides is 2. The van der Waals surface area contributed by atoms with E-state index in [4.69, 9.17) is 5.73 Å². The minimum atomic E-state index is -0.460. The molecule has 1 aliphatic carbocycles. The van der Waals surface area contributed by atoms with Gasteiger partial charge in [-0.2, -0.15) is 0 Å². The number of primary amides is 1. The van der Waals surface area contributed by atoms with Gasteiger partial charge in [0.15, 0.2) is 0 Å². The van der Waals surface area contributed by atoms with Crippen LogP contribution in [0.15, 0.2) is 0 Å². The zero-order valence-electron chi connectivity index (χ0n) is 10.2. The molecule has 17 heavy (non-hydrogen) atoms. The Hall–Kier alpha value is -1.10. The molecule has 5 heteroatoms. The van der Waals surface area contributed by atoms with E-state index in [-0.39, 0.29) is 11.8 Å². The first-order chi connectivity index (χ1) is 8.20. The number of rotatable bonds is 2. The predicted molar refractivity (Wildman–Crippen MR) is 64.1 cm³/mol. The van der Waals surface area contributed by atoms with Gasteiger partial charge in [-0.25, -0.2) is 0 Å². The van der Waals surface area contributed by atoms with Gasteiger partial charge in [0.1, 0.15) is 6.04 Å². The van der Waals surface area contributed by atoms with Crippen molar-refractivity contribution in [2.24, 2.45) is 11.7 Å². The molecule has 2 fully saturated rings. The first-order valence-electron chi connectivity index (χ1n) is 6.50. The summed E-state index contributed by atoms with van der Waals surface area (Å²) in [4.78, 5) is 25.4. The Labute approximate surface area is 102 Å². The van der Waals surface area contributed by atoms with E-state index in [1.165, 1.54) is 6.42 Å². The number of carbonyl (C=O) groups excluding carboxylic acids is 2. The van der Waals surface area contributed by atoms with Crippen molar-refractivity contribution in [1.29, 1.82) is 0 Å². The fourth-order valence-electron chi connectivity index (χ4n) is 2.81. The Morgan fingerprint density at radius 3 is 2.53 bits per heavy atom. The molecule has 3 N–H and O–H groups in total. The topological polar surface area (TPSA) is 75.4 Å². The molecule has 1 atom stereocenters. The maximum absolute atomic E-state index is 12.4. The van der Waals surface area contributed by atoms with Crippen LogP contribution in [0.3, 0.4) is 0 Å². The summed E-state index contributed by atoms with van der Waals surface area (Å²) >= 11 is 0. The van der Waals surface area contributed by atoms with Crippen LogP contribution < -0.4 is 11.1 Å². The number of hydrogen-bond acceptors (Lipinski definition) is 3. The summed E-state index contributed by atoms with van der Waals surface area (Å²) in [6.45, 7) is 1.85. The Bertz CT molecular complexity index is 300. The van der Waals surface area contributed by atoms with Crippen molar-refractivity contribution in [3.05, 3.63) is 0 Å². The minimum Gasteiger partial charge on any atom is -0.368 e. The van der Waals surface area contributed by atoms with Crippen LogP contribution in [0.2, 0.25) is 0 Å². The molecule has 5 nitrogen and oxygen atoms in total. The third-order valence-electron chi connectivity index (χ3n) is 3.81. The molecule has 1 aliphatic heterocycles. The molecule has 0 aromatic rings. The maximum Gasteiger partial charge on any atom is 0.241 e. The maximum atomic E-state index is 12.4. The average molecular weight is 239 g/mol. The van der Waals surface area contributed by atoms with Gasteiger partial charge in [0.2, 0.25) is 11.8 Å². The molecular weight excluding hydrogens is 218 g/mol. The molecule has 1 unspecified atom stereocenters. The van der Waals surface area contributed by atoms with Gasteiger partial charge in [0.05, 0.1) is 0 Å². The Morgan fingerprint density at radius 1 is 1.18 bits per heavy atom. The van der Waals surface area contributed by atoms with E-state index in [1.807, 2.05) is 0 Å². The summed E-state index contributed by atoms with van der Waals surface area (Å²) in [6.07, 6.45) is 5.42. The molecule has 2 amide bonds. The molecule has 1 heterocycles. The summed E-state index contributed by atoms with van der Waals surface area (Å²) in [5, 5.41) is 3.11. The lowest BCUT2D eigenvalue weighted by Gasteiger charge is -2.37. The molecule has 0 radical (unpaired) electrons. The van der Waals surface area contributed by atoms with E-state index in [1.54, 1.807) is 4.90 Å². The summed E-state index contributed by atoms with van der Waals surface area (Å²) in [5.74, 6) is -0.153. The molecule has 1 saturated heterocycles. The molecule has 0 spiro atoms. The highest BCUT2D eigenvalue weighted by Gasteiger charge is 2.34. The lowest BCUT2D eigenvalue weighted by atomic mass is 9.87. The van der Waals surface area contributed by atoms with E-state index >= 15 is 0 Å². The molecule has 1 saturated carbocycles. The average Bonchev–Trinajstić information content (AvgIpc) is 2.39. The van der Waals surface area contributed by atoms with E-state index in [0.717, 1.165) is 32.2 Å². The van der Waals surface area contributed by atoms with Crippen molar-refractivity contribution in [1.82, 2.24) is 10.2 Å². The number of piperazine rings is 1. The number of carbonyl (C=O) groups is 2. The summed E-state index contributed by atoms with van der Waals surface area (Å²) in [6, 6.07) is -0.460. The van der Waals surface area contributed by atoms with Crippen molar-refractivity contribution >= 4 is 11.8 Å². The second-order valence-corrected chi connectivity index (χ2v) is 4.99. The lowest BCUT2D eigenvalue weighted by molar-refractivity contribution is -0.144. The third-order valence-corrected chi connectivity index (χ3v) is 3.81. The van der Waals surface area contributed by atoms with Crippen LogP contribution >= 0.6 is 0 Å². The van der Waals surface area contributed by atoms with Crippen LogP contribution in [0.25, 0.3) is 0 Å². The van der Waals surface area contributed by atoms with E-state index < -0.39 is 11.9 Å². The van der Waals surface area contributed by atoms with Gasteiger partial charge in [-0.15, -0.1) is 0 Å². The molecule has 0 aromatic heterocycles. The fraction of sp³-hybridized carbons (Fsp3) is 0.833. The Balaban J connectivity index is 2.02. The Kier molecular flexibility index (Phi) is 3.99. The van der Waals surface area contributed by atoms with Gasteiger partial charge in [-0.3, -0.25) is 9.59 Å². The zero-order chi connectivity index (χ0) is 12.3. The van der Waals surface area contributed by atoms with E-state index in [2.05, 4.69) is 5.32 Å². The van der Waals surface area contributed by atoms with Gasteiger partial charge in [0, 0.05) is 25.6 Å². The molecular formula is C12H21N3O2. The smallest absolute Gasteiger partial charge is 0.241 e. The van der Waals surface area contributed by atoms with Crippen LogP contribution in [0.5, 0.6) is 0 Å². The van der Waals surface area contributed by atoms with Gasteiger partial charge in [0.25, 0.3) is 0 Å². The summed E-state index contributed by atoms with van der Waals surface area (Å²) < 4.78 is 0. The van der Waals surface area contributed by atoms with Gasteiger partial charge < -0.3 is 16.0 Å². The number of nitrogens with zero attached hydrogens (tertiary/aromatic N) is 1. The van der Waals surface area contributed by atoms with Crippen LogP contribution in [0.1, 0.15) is 32.1 Å². The molecule has 0 bridgehead atoms. The highest BCUT2D eigenvalue weighted by Crippen LogP contribution is 2.26. The second-order valence-electron chi connectivity index (χ2n) is 4.99.